The molecule has 3 aromatic rings. The van der Waals surface area contributed by atoms with Crippen molar-refractivity contribution in [1.29, 1.82) is 0 Å². The number of hydrogen-bond acceptors (Lipinski definition) is 6. The second-order valence-electron chi connectivity index (χ2n) is 8.37. The van der Waals surface area contributed by atoms with Gasteiger partial charge in [0.2, 0.25) is 10.0 Å². The molecule has 2 aromatic carbocycles. The lowest BCUT2D eigenvalue weighted by atomic mass is 9.98. The van der Waals surface area contributed by atoms with Crippen molar-refractivity contribution in [2.45, 2.75) is 31.2 Å². The van der Waals surface area contributed by atoms with Gasteiger partial charge in [-0.3, -0.25) is 4.79 Å². The van der Waals surface area contributed by atoms with Gasteiger partial charge in [-0.2, -0.15) is 9.30 Å². The molecule has 0 N–H and O–H groups in total. The molecule has 1 aliphatic rings. The Morgan fingerprint density at radius 2 is 1.74 bits per heavy atom. The van der Waals surface area contributed by atoms with Crippen LogP contribution in [0.1, 0.15) is 18.4 Å². The van der Waals surface area contributed by atoms with Gasteiger partial charge in [0.15, 0.2) is 4.80 Å². The molecule has 1 saturated heterocycles. The van der Waals surface area contributed by atoms with Crippen LogP contribution in [0.2, 0.25) is 0 Å². The van der Waals surface area contributed by atoms with E-state index < -0.39 is 10.0 Å². The average molecular weight is 516 g/mol. The number of thiazole rings is 1. The summed E-state index contributed by atoms with van der Waals surface area (Å²) in [7, 11) is -0.392. The molecule has 0 atom stereocenters. The van der Waals surface area contributed by atoms with E-state index >= 15 is 0 Å². The van der Waals surface area contributed by atoms with Crippen LogP contribution in [-0.4, -0.2) is 50.5 Å². The highest BCUT2D eigenvalue weighted by Crippen LogP contribution is 2.35. The first-order valence-electron chi connectivity index (χ1n) is 11.3. The molecule has 10 heteroatoms. The van der Waals surface area contributed by atoms with E-state index in [1.807, 2.05) is 23.6 Å². The van der Waals surface area contributed by atoms with E-state index in [1.165, 1.54) is 15.6 Å². The fraction of sp³-hybridized carbons (Fsp3) is 0.360. The molecule has 0 radical (unpaired) electrons. The van der Waals surface area contributed by atoms with Crippen molar-refractivity contribution >= 4 is 37.5 Å². The molecule has 1 amide bonds. The van der Waals surface area contributed by atoms with E-state index in [0.717, 1.165) is 15.8 Å². The molecular weight excluding hydrogens is 486 g/mol. The number of aromatic nitrogens is 1. The molecule has 0 saturated carbocycles. The van der Waals surface area contributed by atoms with Crippen molar-refractivity contribution < 1.29 is 22.7 Å². The summed E-state index contributed by atoms with van der Waals surface area (Å²) in [6.07, 6.45) is 2.59. The second kappa shape index (κ2) is 10.3. The van der Waals surface area contributed by atoms with Gasteiger partial charge in [-0.15, -0.1) is 6.58 Å². The van der Waals surface area contributed by atoms with Crippen LogP contribution in [0.5, 0.6) is 11.5 Å². The Labute approximate surface area is 209 Å². The van der Waals surface area contributed by atoms with Crippen LogP contribution in [0.15, 0.2) is 58.9 Å². The van der Waals surface area contributed by atoms with Gasteiger partial charge in [-0.1, -0.05) is 35.1 Å². The van der Waals surface area contributed by atoms with Gasteiger partial charge in [0.25, 0.3) is 5.91 Å². The normalized spacial score (nSPS) is 15.9. The number of ether oxygens (including phenoxy) is 2. The lowest BCUT2D eigenvalue weighted by molar-refractivity contribution is -0.122. The molecule has 0 bridgehead atoms. The molecular formula is C25H29N3O5S2. The third-order valence-electron chi connectivity index (χ3n) is 6.17. The number of piperidine rings is 1. The summed E-state index contributed by atoms with van der Waals surface area (Å²) in [5.41, 5.74) is 1.79. The average Bonchev–Trinajstić information content (AvgIpc) is 3.22. The molecule has 1 aromatic heterocycles. The highest BCUT2D eigenvalue weighted by Gasteiger charge is 2.32. The van der Waals surface area contributed by atoms with Crippen LogP contribution in [0.25, 0.3) is 10.2 Å². The molecule has 35 heavy (non-hydrogen) atoms. The van der Waals surface area contributed by atoms with E-state index in [1.54, 1.807) is 44.6 Å². The first kappa shape index (κ1) is 25.2. The van der Waals surface area contributed by atoms with Crippen molar-refractivity contribution in [2.24, 2.45) is 10.9 Å². The van der Waals surface area contributed by atoms with Gasteiger partial charge < -0.3 is 14.0 Å². The fourth-order valence-corrected chi connectivity index (χ4v) is 6.85. The molecule has 1 aliphatic heterocycles. The summed E-state index contributed by atoms with van der Waals surface area (Å²) in [6.45, 7) is 6.76. The SMILES string of the molecule is C=CCn1c(=NC(=O)C2CCN(S(=O)(=O)c3ccc(C)cc3)CC2)sc2c(OC)ccc(OC)c21. The minimum atomic E-state index is -3.58. The summed E-state index contributed by atoms with van der Waals surface area (Å²) < 4.78 is 41.2. The third-order valence-corrected chi connectivity index (χ3v) is 9.18. The maximum atomic E-state index is 13.1. The number of fused-ring (bicyclic) bond motifs is 1. The number of aryl methyl sites for hydroxylation is 1. The Bertz CT molecular complexity index is 1410. The largest absolute Gasteiger partial charge is 0.495 e. The van der Waals surface area contributed by atoms with Gasteiger partial charge >= 0.3 is 0 Å². The number of carbonyl (C=O) groups is 1. The summed E-state index contributed by atoms with van der Waals surface area (Å²) >= 11 is 1.36. The number of rotatable bonds is 7. The molecule has 1 fully saturated rings. The van der Waals surface area contributed by atoms with Gasteiger partial charge in [-0.25, -0.2) is 8.42 Å². The quantitative estimate of drug-likeness (QED) is 0.447. The number of benzene rings is 2. The Morgan fingerprint density at radius 1 is 1.11 bits per heavy atom. The Kier molecular flexibility index (Phi) is 7.44. The monoisotopic (exact) mass is 515 g/mol. The van der Waals surface area contributed by atoms with Gasteiger partial charge in [-0.05, 0) is 44.0 Å². The van der Waals surface area contributed by atoms with E-state index in [4.69, 9.17) is 9.47 Å². The maximum absolute atomic E-state index is 13.1. The van der Waals surface area contributed by atoms with Gasteiger partial charge in [0.05, 0.1) is 19.1 Å². The Morgan fingerprint density at radius 3 is 2.34 bits per heavy atom. The topological polar surface area (TPSA) is 90.2 Å². The predicted molar refractivity (Wildman–Crippen MR) is 136 cm³/mol. The lowest BCUT2D eigenvalue weighted by Crippen LogP contribution is -2.40. The number of methoxy groups -OCH3 is 2. The predicted octanol–water partition coefficient (Wildman–Crippen LogP) is 3.74. The summed E-state index contributed by atoms with van der Waals surface area (Å²) in [6, 6.07) is 10.5. The number of nitrogens with zero attached hydrogens (tertiary/aromatic N) is 3. The number of amides is 1. The minimum absolute atomic E-state index is 0.250. The number of sulfonamides is 1. The number of hydrogen-bond donors (Lipinski definition) is 0. The molecule has 186 valence electrons. The molecule has 8 nitrogen and oxygen atoms in total. The van der Waals surface area contributed by atoms with Gasteiger partial charge in [0, 0.05) is 25.6 Å². The zero-order valence-corrected chi connectivity index (χ0v) is 21.7. The van der Waals surface area contributed by atoms with Crippen LogP contribution >= 0.6 is 11.3 Å². The summed E-state index contributed by atoms with van der Waals surface area (Å²) in [4.78, 5) is 18.4. The van der Waals surface area contributed by atoms with Crippen molar-refractivity contribution in [2.75, 3.05) is 27.3 Å². The molecule has 4 rings (SSSR count). The first-order chi connectivity index (χ1) is 16.8. The van der Waals surface area contributed by atoms with Crippen LogP contribution < -0.4 is 14.3 Å². The maximum Gasteiger partial charge on any atom is 0.251 e. The molecule has 2 heterocycles. The van der Waals surface area contributed by atoms with E-state index in [2.05, 4.69) is 11.6 Å². The Balaban J connectivity index is 1.59. The van der Waals surface area contributed by atoms with Crippen molar-refractivity contribution in [3.8, 4) is 11.5 Å². The minimum Gasteiger partial charge on any atom is -0.495 e. The van der Waals surface area contributed by atoms with Gasteiger partial charge in [0.1, 0.15) is 21.7 Å². The zero-order chi connectivity index (χ0) is 25.2. The van der Waals surface area contributed by atoms with Crippen LogP contribution in [0, 0.1) is 12.8 Å². The number of carbonyl (C=O) groups excluding carboxylic acids is 1. The molecule has 0 unspecified atom stereocenters. The zero-order valence-electron chi connectivity index (χ0n) is 20.1. The highest BCUT2D eigenvalue weighted by atomic mass is 32.2. The van der Waals surface area contributed by atoms with Crippen molar-refractivity contribution in [3.05, 3.63) is 59.4 Å². The highest BCUT2D eigenvalue weighted by molar-refractivity contribution is 7.89. The fourth-order valence-electron chi connectivity index (χ4n) is 4.23. The van der Waals surface area contributed by atoms with E-state index in [9.17, 15) is 13.2 Å². The van der Waals surface area contributed by atoms with E-state index in [0.29, 0.717) is 35.7 Å². The lowest BCUT2D eigenvalue weighted by Gasteiger charge is -2.29. The standard InChI is InChI=1S/C25H29N3O5S2/c1-5-14-28-22-20(32-3)10-11-21(33-4)23(22)34-25(28)26-24(29)18-12-15-27(16-13-18)35(30,31)19-8-6-17(2)7-9-19/h5-11,18H,1,12-16H2,2-4H3. The third kappa shape index (κ3) is 4.91. The summed E-state index contributed by atoms with van der Waals surface area (Å²) in [5.74, 6) is 0.736. The number of allylic oxidation sites excluding steroid dienone is 1. The molecule has 0 aliphatic carbocycles. The van der Waals surface area contributed by atoms with E-state index in [-0.39, 0.29) is 29.8 Å². The smallest absolute Gasteiger partial charge is 0.251 e. The van der Waals surface area contributed by atoms with Crippen LogP contribution in [0.4, 0.5) is 0 Å². The van der Waals surface area contributed by atoms with Crippen LogP contribution in [0.3, 0.4) is 0 Å². The van der Waals surface area contributed by atoms with Crippen LogP contribution in [-0.2, 0) is 21.4 Å². The summed E-state index contributed by atoms with van der Waals surface area (Å²) in [5, 5.41) is 0. The molecule has 0 spiro atoms. The van der Waals surface area contributed by atoms with Crippen molar-refractivity contribution in [1.82, 2.24) is 8.87 Å². The van der Waals surface area contributed by atoms with Crippen molar-refractivity contribution in [3.63, 3.8) is 0 Å². The first-order valence-corrected chi connectivity index (χ1v) is 13.6. The Hall–Kier alpha value is -2.95. The second-order valence-corrected chi connectivity index (χ2v) is 11.3.